The van der Waals surface area contributed by atoms with Crippen molar-refractivity contribution >= 4 is 0 Å². The van der Waals surface area contributed by atoms with Gasteiger partial charge >= 0.3 is 0 Å². The monoisotopic (exact) mass is 228 g/mol. The fourth-order valence-electron chi connectivity index (χ4n) is 2.09. The van der Waals surface area contributed by atoms with E-state index in [-0.39, 0.29) is 5.41 Å². The van der Waals surface area contributed by atoms with Crippen LogP contribution in [0.3, 0.4) is 0 Å². The normalized spacial score (nSPS) is 19.1. The van der Waals surface area contributed by atoms with E-state index in [9.17, 15) is 0 Å². The highest BCUT2D eigenvalue weighted by molar-refractivity contribution is 4.82. The first-order valence-electron chi connectivity index (χ1n) is 6.43. The largest absolute Gasteiger partial charge is 0.380 e. The van der Waals surface area contributed by atoms with Gasteiger partial charge in [-0.1, -0.05) is 20.8 Å². The molecule has 0 aromatic rings. The van der Waals surface area contributed by atoms with Gasteiger partial charge in [0, 0.05) is 25.7 Å². The Morgan fingerprint density at radius 2 is 2.00 bits per heavy atom. The highest BCUT2D eigenvalue weighted by Crippen LogP contribution is 2.28. The fourth-order valence-corrected chi connectivity index (χ4v) is 2.09. The fraction of sp³-hybridized carbons (Fsp3) is 1.00. The molecule has 3 nitrogen and oxygen atoms in total. The molecular formula is C13H28N2O. The number of ether oxygens (including phenoxy) is 1. The summed E-state index contributed by atoms with van der Waals surface area (Å²) in [7, 11) is 2.14. The van der Waals surface area contributed by atoms with Gasteiger partial charge < -0.3 is 10.5 Å². The van der Waals surface area contributed by atoms with Gasteiger partial charge in [-0.05, 0) is 31.2 Å². The van der Waals surface area contributed by atoms with Crippen LogP contribution >= 0.6 is 0 Å². The second-order valence-corrected chi connectivity index (χ2v) is 6.12. The third-order valence-corrected chi connectivity index (χ3v) is 3.39. The van der Waals surface area contributed by atoms with Crippen molar-refractivity contribution in [3.63, 3.8) is 0 Å². The van der Waals surface area contributed by atoms with Crippen LogP contribution in [0.4, 0.5) is 0 Å². The minimum absolute atomic E-state index is 0.236. The molecule has 1 aliphatic carbocycles. The van der Waals surface area contributed by atoms with E-state index in [1.165, 1.54) is 12.8 Å². The first-order valence-corrected chi connectivity index (χ1v) is 6.43. The van der Waals surface area contributed by atoms with Gasteiger partial charge in [0.1, 0.15) is 0 Å². The first kappa shape index (κ1) is 13.9. The van der Waals surface area contributed by atoms with Crippen LogP contribution in [0.15, 0.2) is 0 Å². The highest BCUT2D eigenvalue weighted by Gasteiger charge is 2.27. The SMILES string of the molecule is CN(CCOCC1CC1)C(CN)C(C)(C)C. The van der Waals surface area contributed by atoms with Crippen molar-refractivity contribution in [1.82, 2.24) is 4.90 Å². The van der Waals surface area contributed by atoms with Gasteiger partial charge in [-0.2, -0.15) is 0 Å². The summed E-state index contributed by atoms with van der Waals surface area (Å²) >= 11 is 0. The lowest BCUT2D eigenvalue weighted by molar-refractivity contribution is 0.0670. The summed E-state index contributed by atoms with van der Waals surface area (Å²) in [6.07, 6.45) is 2.73. The molecule has 0 heterocycles. The van der Waals surface area contributed by atoms with Gasteiger partial charge in [-0.15, -0.1) is 0 Å². The molecule has 1 fully saturated rings. The molecule has 1 saturated carbocycles. The minimum atomic E-state index is 0.236. The number of likely N-dealkylation sites (N-methyl/N-ethyl adjacent to an activating group) is 1. The molecule has 0 bridgehead atoms. The van der Waals surface area contributed by atoms with Crippen molar-refractivity contribution in [2.24, 2.45) is 17.1 Å². The predicted octanol–water partition coefficient (Wildman–Crippen LogP) is 1.72. The summed E-state index contributed by atoms with van der Waals surface area (Å²) in [5, 5.41) is 0. The zero-order valence-electron chi connectivity index (χ0n) is 11.3. The van der Waals surface area contributed by atoms with Gasteiger partial charge in [0.15, 0.2) is 0 Å². The smallest absolute Gasteiger partial charge is 0.0593 e. The predicted molar refractivity (Wildman–Crippen MR) is 68.5 cm³/mol. The summed E-state index contributed by atoms with van der Waals surface area (Å²) in [6.45, 7) is 10.2. The molecule has 0 aliphatic heterocycles. The summed E-state index contributed by atoms with van der Waals surface area (Å²) in [4.78, 5) is 2.33. The Kier molecular flexibility index (Phi) is 5.22. The number of rotatable bonds is 7. The maximum absolute atomic E-state index is 5.84. The van der Waals surface area contributed by atoms with Gasteiger partial charge in [0.05, 0.1) is 6.61 Å². The van der Waals surface area contributed by atoms with Crippen LogP contribution in [0.5, 0.6) is 0 Å². The molecule has 0 saturated heterocycles. The molecule has 0 radical (unpaired) electrons. The maximum Gasteiger partial charge on any atom is 0.0593 e. The lowest BCUT2D eigenvalue weighted by Crippen LogP contribution is -2.47. The van der Waals surface area contributed by atoms with E-state index in [1.807, 2.05) is 0 Å². The van der Waals surface area contributed by atoms with Gasteiger partial charge in [-0.25, -0.2) is 0 Å². The molecule has 0 amide bonds. The molecule has 1 aliphatic rings. The van der Waals surface area contributed by atoms with Gasteiger partial charge in [-0.3, -0.25) is 4.90 Å². The van der Waals surface area contributed by atoms with Gasteiger partial charge in [0.25, 0.3) is 0 Å². The van der Waals surface area contributed by atoms with Crippen molar-refractivity contribution in [2.75, 3.05) is 33.4 Å². The van der Waals surface area contributed by atoms with E-state index >= 15 is 0 Å². The average molecular weight is 228 g/mol. The van der Waals surface area contributed by atoms with Crippen molar-refractivity contribution in [3.05, 3.63) is 0 Å². The van der Waals surface area contributed by atoms with Gasteiger partial charge in [0.2, 0.25) is 0 Å². The van der Waals surface area contributed by atoms with Crippen molar-refractivity contribution in [3.8, 4) is 0 Å². The quantitative estimate of drug-likeness (QED) is 0.674. The summed E-state index contributed by atoms with van der Waals surface area (Å²) in [5.41, 5.74) is 6.08. The van der Waals surface area contributed by atoms with E-state index in [4.69, 9.17) is 10.5 Å². The number of hydrogen-bond donors (Lipinski definition) is 1. The Balaban J connectivity index is 2.17. The lowest BCUT2D eigenvalue weighted by atomic mass is 9.86. The third kappa shape index (κ3) is 4.81. The van der Waals surface area contributed by atoms with E-state index in [0.29, 0.717) is 12.6 Å². The van der Waals surface area contributed by atoms with E-state index in [0.717, 1.165) is 25.7 Å². The second-order valence-electron chi connectivity index (χ2n) is 6.12. The third-order valence-electron chi connectivity index (χ3n) is 3.39. The standard InChI is InChI=1S/C13H28N2O/c1-13(2,3)12(9-14)15(4)7-8-16-10-11-5-6-11/h11-12H,5-10,14H2,1-4H3. The summed E-state index contributed by atoms with van der Waals surface area (Å²) in [6, 6.07) is 0.428. The molecule has 3 heteroatoms. The van der Waals surface area contributed by atoms with E-state index in [2.05, 4.69) is 32.7 Å². The maximum atomic E-state index is 5.84. The zero-order chi connectivity index (χ0) is 12.2. The molecule has 0 aromatic carbocycles. The van der Waals surface area contributed by atoms with Crippen LogP contribution in [0.2, 0.25) is 0 Å². The molecule has 16 heavy (non-hydrogen) atoms. The lowest BCUT2D eigenvalue weighted by Gasteiger charge is -2.37. The molecule has 0 spiro atoms. The molecule has 96 valence electrons. The molecular weight excluding hydrogens is 200 g/mol. The van der Waals surface area contributed by atoms with E-state index < -0.39 is 0 Å². The Morgan fingerprint density at radius 1 is 1.38 bits per heavy atom. The van der Waals surface area contributed by atoms with Crippen molar-refractivity contribution < 1.29 is 4.74 Å². The Bertz CT molecular complexity index is 197. The average Bonchev–Trinajstić information content (AvgIpc) is 2.94. The minimum Gasteiger partial charge on any atom is -0.380 e. The Morgan fingerprint density at radius 3 is 2.44 bits per heavy atom. The molecule has 0 aromatic heterocycles. The first-order chi connectivity index (χ1) is 7.45. The second kappa shape index (κ2) is 5.99. The van der Waals surface area contributed by atoms with Crippen LogP contribution in [-0.2, 0) is 4.74 Å². The molecule has 1 unspecified atom stereocenters. The van der Waals surface area contributed by atoms with Crippen molar-refractivity contribution in [2.45, 2.75) is 39.7 Å². The Hall–Kier alpha value is -0.120. The molecule has 2 N–H and O–H groups in total. The molecule has 1 rings (SSSR count). The van der Waals surface area contributed by atoms with Crippen LogP contribution in [0, 0.1) is 11.3 Å². The van der Waals surface area contributed by atoms with Crippen LogP contribution in [0.25, 0.3) is 0 Å². The summed E-state index contributed by atoms with van der Waals surface area (Å²) in [5.74, 6) is 0.859. The van der Waals surface area contributed by atoms with Crippen LogP contribution < -0.4 is 5.73 Å². The highest BCUT2D eigenvalue weighted by atomic mass is 16.5. The van der Waals surface area contributed by atoms with Crippen LogP contribution in [0.1, 0.15) is 33.6 Å². The van der Waals surface area contributed by atoms with E-state index in [1.54, 1.807) is 0 Å². The van der Waals surface area contributed by atoms with Crippen molar-refractivity contribution in [1.29, 1.82) is 0 Å². The number of nitrogens with zero attached hydrogens (tertiary/aromatic N) is 1. The Labute approximate surface area is 100 Å². The molecule has 1 atom stereocenters. The summed E-state index contributed by atoms with van der Waals surface area (Å²) < 4.78 is 5.65. The number of nitrogens with two attached hydrogens (primary N) is 1. The van der Waals surface area contributed by atoms with Crippen LogP contribution in [-0.4, -0.2) is 44.3 Å². The topological polar surface area (TPSA) is 38.5 Å². The number of hydrogen-bond acceptors (Lipinski definition) is 3. The zero-order valence-corrected chi connectivity index (χ0v) is 11.3.